The minimum Gasteiger partial charge on any atom is -0.480 e. The lowest BCUT2D eigenvalue weighted by Crippen LogP contribution is -2.62. The number of carboxylic acids is 1. The first kappa shape index (κ1) is 78.3. The SMILES string of the molecule is CC[C@H](NC(=O)[C@H](COCc1ccccc1)N(C)C(=O)[C@H](C(C)C)N(C)C(=O)[C@H](CC(C)C)N(C)C(=O)[C@H](CC(C)C)N(C)C(=O)[C@@H](C)N)C(=O)N(C)CC(=O)N(C)[C@@H](CC(C)C)C(=O)N[C@H](C(=O)N(C)[C@@H](CC(C)C)C(=O)N[C@@H](C)C(=O)O)C(C)C. The first-order valence-corrected chi connectivity index (χ1v) is 30.6. The van der Waals surface area contributed by atoms with E-state index in [-0.39, 0.29) is 62.6 Å². The second-order valence-electron chi connectivity index (χ2n) is 25.8. The zero-order chi connectivity index (χ0) is 67.2. The predicted molar refractivity (Wildman–Crippen MR) is 334 cm³/mol. The maximum atomic E-state index is 15.0. The Kier molecular flexibility index (Phi) is 32.9. The molecular formula is C63H109N11O13. The van der Waals surface area contributed by atoms with Crippen LogP contribution in [0.4, 0.5) is 0 Å². The number of rotatable bonds is 36. The Morgan fingerprint density at radius 2 is 0.897 bits per heavy atom. The number of carboxylic acid groups (broad SMARTS) is 1. The third-order valence-electron chi connectivity index (χ3n) is 15.5. The second-order valence-corrected chi connectivity index (χ2v) is 25.8. The lowest BCUT2D eigenvalue weighted by atomic mass is 9.95. The van der Waals surface area contributed by atoms with Crippen LogP contribution < -0.4 is 21.7 Å². The van der Waals surface area contributed by atoms with Crippen molar-refractivity contribution in [1.82, 2.24) is 50.2 Å². The minimum atomic E-state index is -1.37. The molecule has 1 aromatic rings. The predicted octanol–water partition coefficient (Wildman–Crippen LogP) is 3.44. The Labute approximate surface area is 518 Å². The third-order valence-corrected chi connectivity index (χ3v) is 15.5. The van der Waals surface area contributed by atoms with Crippen LogP contribution in [-0.2, 0) is 64.1 Å². The maximum absolute atomic E-state index is 15.0. The van der Waals surface area contributed by atoms with E-state index in [0.717, 1.165) is 10.5 Å². The van der Waals surface area contributed by atoms with Crippen molar-refractivity contribution >= 4 is 65.0 Å². The molecule has 0 saturated carbocycles. The Morgan fingerprint density at radius 3 is 1.33 bits per heavy atom. The van der Waals surface area contributed by atoms with Gasteiger partial charge in [0.2, 0.25) is 59.1 Å². The van der Waals surface area contributed by atoms with Crippen LogP contribution in [0, 0.1) is 35.5 Å². The molecule has 494 valence electrons. The molecule has 0 heterocycles. The van der Waals surface area contributed by atoms with Crippen LogP contribution in [0.2, 0.25) is 0 Å². The molecule has 0 bridgehead atoms. The summed E-state index contributed by atoms with van der Waals surface area (Å²) in [4.78, 5) is 163. The highest BCUT2D eigenvalue weighted by Gasteiger charge is 2.43. The summed E-state index contributed by atoms with van der Waals surface area (Å²) < 4.78 is 6.10. The maximum Gasteiger partial charge on any atom is 0.325 e. The molecule has 0 spiro atoms. The summed E-state index contributed by atoms with van der Waals surface area (Å²) in [5.41, 5.74) is 6.74. The second kappa shape index (κ2) is 36.6. The number of ether oxygens (including phenoxy) is 1. The molecule has 1 aromatic carbocycles. The Bertz CT molecular complexity index is 2460. The summed E-state index contributed by atoms with van der Waals surface area (Å²) >= 11 is 0. The molecule has 0 fully saturated rings. The molecule has 10 atom stereocenters. The van der Waals surface area contributed by atoms with Gasteiger partial charge in [-0.05, 0) is 87.0 Å². The molecule has 0 aromatic heterocycles. The number of carbonyl (C=O) groups is 11. The molecule has 24 heteroatoms. The van der Waals surface area contributed by atoms with Gasteiger partial charge in [-0.2, -0.15) is 0 Å². The molecule has 6 N–H and O–H groups in total. The van der Waals surface area contributed by atoms with Crippen molar-refractivity contribution in [3.63, 3.8) is 0 Å². The van der Waals surface area contributed by atoms with E-state index in [2.05, 4.69) is 16.0 Å². The van der Waals surface area contributed by atoms with Gasteiger partial charge in [0.05, 0.1) is 25.8 Å². The van der Waals surface area contributed by atoms with E-state index in [0.29, 0.717) is 6.42 Å². The summed E-state index contributed by atoms with van der Waals surface area (Å²) in [5, 5.41) is 17.5. The van der Waals surface area contributed by atoms with Crippen LogP contribution >= 0.6 is 0 Å². The monoisotopic (exact) mass is 1230 g/mol. The molecule has 0 radical (unpaired) electrons. The Hall–Kier alpha value is -6.69. The van der Waals surface area contributed by atoms with E-state index >= 15 is 4.79 Å². The van der Waals surface area contributed by atoms with E-state index < -0.39 is 144 Å². The van der Waals surface area contributed by atoms with Crippen molar-refractivity contribution in [3.8, 4) is 0 Å². The average molecular weight is 1230 g/mol. The van der Waals surface area contributed by atoms with Gasteiger partial charge in [0, 0.05) is 49.3 Å². The summed E-state index contributed by atoms with van der Waals surface area (Å²) in [6.07, 6.45) is 0.926. The quantitative estimate of drug-likeness (QED) is 0.0644. The van der Waals surface area contributed by atoms with Gasteiger partial charge < -0.3 is 65.8 Å². The van der Waals surface area contributed by atoms with E-state index in [1.54, 1.807) is 34.6 Å². The fraction of sp³-hybridized carbons (Fsp3) is 0.730. The molecular weight excluding hydrogens is 1120 g/mol. The van der Waals surface area contributed by atoms with Crippen LogP contribution in [0.3, 0.4) is 0 Å². The number of aliphatic carboxylic acids is 1. The number of benzene rings is 1. The first-order chi connectivity index (χ1) is 40.2. The van der Waals surface area contributed by atoms with Crippen molar-refractivity contribution in [2.75, 3.05) is 62.5 Å². The van der Waals surface area contributed by atoms with Crippen LogP contribution in [-0.4, -0.2) is 227 Å². The normalized spacial score (nSPS) is 15.0. The Balaban J connectivity index is 3.64. The lowest BCUT2D eigenvalue weighted by molar-refractivity contribution is -0.156. The number of likely N-dealkylation sites (N-methyl/N-ethyl adjacent to an activating group) is 7. The minimum absolute atomic E-state index is 0.00557. The van der Waals surface area contributed by atoms with Crippen molar-refractivity contribution < 1.29 is 62.6 Å². The largest absolute Gasteiger partial charge is 0.480 e. The number of hydrogen-bond acceptors (Lipinski definition) is 13. The van der Waals surface area contributed by atoms with Crippen molar-refractivity contribution in [2.45, 2.75) is 203 Å². The van der Waals surface area contributed by atoms with Crippen LogP contribution in [0.15, 0.2) is 30.3 Å². The van der Waals surface area contributed by atoms with Gasteiger partial charge in [0.25, 0.3) is 0 Å². The van der Waals surface area contributed by atoms with Crippen molar-refractivity contribution in [1.29, 1.82) is 0 Å². The van der Waals surface area contributed by atoms with Gasteiger partial charge >= 0.3 is 5.97 Å². The third kappa shape index (κ3) is 23.7. The number of nitrogens with zero attached hydrogens (tertiary/aromatic N) is 7. The summed E-state index contributed by atoms with van der Waals surface area (Å²) in [6.45, 7) is 25.7. The fourth-order valence-electron chi connectivity index (χ4n) is 10.2. The summed E-state index contributed by atoms with van der Waals surface area (Å²) in [7, 11) is 10.1. The van der Waals surface area contributed by atoms with E-state index in [1.165, 1.54) is 92.6 Å². The molecule has 87 heavy (non-hydrogen) atoms. The van der Waals surface area contributed by atoms with Crippen molar-refractivity contribution in [2.24, 2.45) is 41.2 Å². The zero-order valence-corrected chi connectivity index (χ0v) is 56.3. The highest BCUT2D eigenvalue weighted by molar-refractivity contribution is 5.98. The van der Waals surface area contributed by atoms with E-state index in [9.17, 15) is 53.1 Å². The van der Waals surface area contributed by atoms with E-state index in [1.807, 2.05) is 85.7 Å². The molecule has 0 aliphatic carbocycles. The molecule has 0 saturated heterocycles. The highest BCUT2D eigenvalue weighted by Crippen LogP contribution is 2.24. The molecule has 0 unspecified atom stereocenters. The Morgan fingerprint density at radius 1 is 0.483 bits per heavy atom. The van der Waals surface area contributed by atoms with Gasteiger partial charge in [-0.15, -0.1) is 0 Å². The number of hydrogen-bond donors (Lipinski definition) is 5. The first-order valence-electron chi connectivity index (χ1n) is 30.6. The van der Waals surface area contributed by atoms with E-state index in [4.69, 9.17) is 10.5 Å². The number of amides is 10. The number of nitrogens with one attached hydrogen (secondary N) is 3. The number of carbonyl (C=O) groups excluding carboxylic acids is 10. The van der Waals surface area contributed by atoms with Gasteiger partial charge in [0.15, 0.2) is 0 Å². The number of nitrogens with two attached hydrogens (primary N) is 1. The molecule has 10 amide bonds. The van der Waals surface area contributed by atoms with Crippen LogP contribution in [0.5, 0.6) is 0 Å². The summed E-state index contributed by atoms with van der Waals surface area (Å²) in [6, 6.07) is -2.06. The van der Waals surface area contributed by atoms with Gasteiger partial charge in [-0.3, -0.25) is 52.7 Å². The fourth-order valence-corrected chi connectivity index (χ4v) is 10.2. The van der Waals surface area contributed by atoms with Gasteiger partial charge in [-0.1, -0.05) is 120 Å². The van der Waals surface area contributed by atoms with Crippen LogP contribution in [0.1, 0.15) is 142 Å². The average Bonchev–Trinajstić information content (AvgIpc) is 2.02. The zero-order valence-electron chi connectivity index (χ0n) is 56.3. The standard InChI is InChI=1S/C63H109N11O13/c1-23-45(58(80)68(16)33-51(75)69(17)46(29-36(2)3)55(77)67-52(40(10)11)61(83)70(18)47(30-37(4)5)54(76)65-43(15)63(85)86)66-56(78)50(35-87-34-44-27-25-24-26-28-44)73(21)62(84)53(41(12)13)74(22)60(82)49(32-39(8)9)72(20)59(81)48(31-38(6)7)71(19)57(79)42(14)64/h24-28,36-43,45-50,52-53H,23,29-35,64H2,1-22H3,(H,65,76)(H,66,78)(H,67,77)(H,85,86)/t42-,43+,45+,46+,47+,48+,49+,50+,52+,53+/m1/s1. The highest BCUT2D eigenvalue weighted by atomic mass is 16.5. The molecule has 24 nitrogen and oxygen atoms in total. The smallest absolute Gasteiger partial charge is 0.325 e. The van der Waals surface area contributed by atoms with Crippen molar-refractivity contribution in [3.05, 3.63) is 35.9 Å². The van der Waals surface area contributed by atoms with Crippen LogP contribution in [0.25, 0.3) is 0 Å². The lowest BCUT2D eigenvalue weighted by Gasteiger charge is -2.40. The van der Waals surface area contributed by atoms with Gasteiger partial charge in [0.1, 0.15) is 54.4 Å². The van der Waals surface area contributed by atoms with Gasteiger partial charge in [-0.25, -0.2) is 0 Å². The molecule has 0 aliphatic heterocycles. The summed E-state index contributed by atoms with van der Waals surface area (Å²) in [5.74, 6) is -8.64. The topological polar surface area (TPSA) is 302 Å². The molecule has 0 aliphatic rings. The molecule has 1 rings (SSSR count).